The van der Waals surface area contributed by atoms with E-state index in [0.29, 0.717) is 13.2 Å². The lowest BCUT2D eigenvalue weighted by Gasteiger charge is -2.07. The van der Waals surface area contributed by atoms with Crippen LogP contribution in [-0.2, 0) is 9.47 Å². The molecule has 0 radical (unpaired) electrons. The molecule has 0 aliphatic carbocycles. The van der Waals surface area contributed by atoms with E-state index in [1.807, 2.05) is 6.92 Å². The topological polar surface area (TPSA) is 44.5 Å². The standard InChI is InChI=1S/C13H21NO2S/c1-11(14)12-3-5-13(6-4-12)17-10-9-16-8-7-15-2/h3-6,11H,7-10,14H2,1-2H3. The first kappa shape index (κ1) is 14.5. The smallest absolute Gasteiger partial charge is 0.0700 e. The number of ether oxygens (including phenoxy) is 2. The van der Waals surface area contributed by atoms with Gasteiger partial charge < -0.3 is 15.2 Å². The number of rotatable bonds is 8. The van der Waals surface area contributed by atoms with E-state index in [4.69, 9.17) is 15.2 Å². The zero-order valence-electron chi connectivity index (χ0n) is 10.5. The summed E-state index contributed by atoms with van der Waals surface area (Å²) >= 11 is 1.79. The minimum absolute atomic E-state index is 0.103. The Labute approximate surface area is 108 Å². The fourth-order valence-corrected chi connectivity index (χ4v) is 2.10. The van der Waals surface area contributed by atoms with Gasteiger partial charge in [-0.15, -0.1) is 11.8 Å². The van der Waals surface area contributed by atoms with Crippen molar-refractivity contribution in [2.24, 2.45) is 5.73 Å². The van der Waals surface area contributed by atoms with Crippen molar-refractivity contribution in [3.05, 3.63) is 29.8 Å². The molecule has 17 heavy (non-hydrogen) atoms. The average molecular weight is 255 g/mol. The Bertz CT molecular complexity index is 301. The van der Waals surface area contributed by atoms with Crippen LogP contribution in [0.25, 0.3) is 0 Å². The van der Waals surface area contributed by atoms with Crippen LogP contribution in [0, 0.1) is 0 Å². The van der Waals surface area contributed by atoms with Crippen LogP contribution in [0.4, 0.5) is 0 Å². The normalized spacial score (nSPS) is 12.6. The molecule has 1 atom stereocenters. The fourth-order valence-electron chi connectivity index (χ4n) is 1.33. The molecular formula is C13H21NO2S. The van der Waals surface area contributed by atoms with Gasteiger partial charge in [0.2, 0.25) is 0 Å². The zero-order chi connectivity index (χ0) is 12.5. The van der Waals surface area contributed by atoms with Crippen molar-refractivity contribution >= 4 is 11.8 Å². The van der Waals surface area contributed by atoms with Gasteiger partial charge >= 0.3 is 0 Å². The lowest BCUT2D eigenvalue weighted by atomic mass is 10.1. The SMILES string of the molecule is COCCOCCSc1ccc(C(C)N)cc1. The maximum absolute atomic E-state index is 5.79. The molecule has 0 bridgehead atoms. The fraction of sp³-hybridized carbons (Fsp3) is 0.538. The van der Waals surface area contributed by atoms with Crippen molar-refractivity contribution in [1.29, 1.82) is 0 Å². The van der Waals surface area contributed by atoms with Crippen LogP contribution >= 0.6 is 11.8 Å². The van der Waals surface area contributed by atoms with Gasteiger partial charge in [0.25, 0.3) is 0 Å². The highest BCUT2D eigenvalue weighted by molar-refractivity contribution is 7.99. The molecule has 1 rings (SSSR count). The molecule has 96 valence electrons. The number of thioether (sulfide) groups is 1. The van der Waals surface area contributed by atoms with Crippen molar-refractivity contribution < 1.29 is 9.47 Å². The van der Waals surface area contributed by atoms with Gasteiger partial charge in [0.1, 0.15) is 0 Å². The van der Waals surface area contributed by atoms with Gasteiger partial charge in [-0.25, -0.2) is 0 Å². The second kappa shape index (κ2) is 8.53. The zero-order valence-corrected chi connectivity index (χ0v) is 11.3. The van der Waals surface area contributed by atoms with Gasteiger partial charge in [0.15, 0.2) is 0 Å². The third-order valence-electron chi connectivity index (χ3n) is 2.33. The van der Waals surface area contributed by atoms with Gasteiger partial charge in [0.05, 0.1) is 19.8 Å². The van der Waals surface area contributed by atoms with Crippen LogP contribution < -0.4 is 5.73 Å². The molecule has 1 aromatic rings. The third kappa shape index (κ3) is 6.07. The molecular weight excluding hydrogens is 234 g/mol. The molecule has 0 saturated heterocycles. The summed E-state index contributed by atoms with van der Waals surface area (Å²) in [6, 6.07) is 8.49. The van der Waals surface area contributed by atoms with E-state index in [1.54, 1.807) is 18.9 Å². The van der Waals surface area contributed by atoms with Gasteiger partial charge in [-0.05, 0) is 24.6 Å². The summed E-state index contributed by atoms with van der Waals surface area (Å²) in [5.74, 6) is 0.960. The lowest BCUT2D eigenvalue weighted by molar-refractivity contribution is 0.0790. The van der Waals surface area contributed by atoms with E-state index in [9.17, 15) is 0 Å². The Morgan fingerprint density at radius 2 is 1.88 bits per heavy atom. The summed E-state index contributed by atoms with van der Waals surface area (Å²) in [4.78, 5) is 1.25. The summed E-state index contributed by atoms with van der Waals surface area (Å²) in [5.41, 5.74) is 6.97. The number of nitrogens with two attached hydrogens (primary N) is 1. The molecule has 1 aromatic carbocycles. The van der Waals surface area contributed by atoms with Crippen molar-refractivity contribution in [2.45, 2.75) is 17.9 Å². The minimum atomic E-state index is 0.103. The van der Waals surface area contributed by atoms with Crippen LogP contribution in [0.2, 0.25) is 0 Å². The highest BCUT2D eigenvalue weighted by atomic mass is 32.2. The summed E-state index contributed by atoms with van der Waals surface area (Å²) in [5, 5.41) is 0. The Morgan fingerprint density at radius 3 is 2.47 bits per heavy atom. The van der Waals surface area contributed by atoms with Gasteiger partial charge in [-0.3, -0.25) is 0 Å². The summed E-state index contributed by atoms with van der Waals surface area (Å²) in [7, 11) is 1.68. The van der Waals surface area contributed by atoms with Crippen LogP contribution in [0.3, 0.4) is 0 Å². The maximum Gasteiger partial charge on any atom is 0.0700 e. The molecule has 0 fully saturated rings. The Hall–Kier alpha value is -0.550. The monoisotopic (exact) mass is 255 g/mol. The number of benzene rings is 1. The molecule has 2 N–H and O–H groups in total. The summed E-state index contributed by atoms with van der Waals surface area (Å²) < 4.78 is 10.3. The van der Waals surface area contributed by atoms with E-state index < -0.39 is 0 Å². The van der Waals surface area contributed by atoms with Gasteiger partial charge in [-0.2, -0.15) is 0 Å². The Balaban J connectivity index is 2.19. The predicted octanol–water partition coefficient (Wildman–Crippen LogP) is 2.46. The molecule has 4 heteroatoms. The Morgan fingerprint density at radius 1 is 1.18 bits per heavy atom. The van der Waals surface area contributed by atoms with Crippen molar-refractivity contribution in [2.75, 3.05) is 32.7 Å². The molecule has 0 aliphatic heterocycles. The predicted molar refractivity (Wildman–Crippen MR) is 72.5 cm³/mol. The lowest BCUT2D eigenvalue weighted by Crippen LogP contribution is -2.05. The van der Waals surface area contributed by atoms with Crippen LogP contribution in [-0.4, -0.2) is 32.7 Å². The molecule has 0 amide bonds. The van der Waals surface area contributed by atoms with E-state index in [1.165, 1.54) is 10.5 Å². The van der Waals surface area contributed by atoms with Crippen molar-refractivity contribution in [1.82, 2.24) is 0 Å². The first-order valence-corrected chi connectivity index (χ1v) is 6.77. The van der Waals surface area contributed by atoms with Crippen LogP contribution in [0.5, 0.6) is 0 Å². The minimum Gasteiger partial charge on any atom is -0.382 e. The maximum atomic E-state index is 5.79. The highest BCUT2D eigenvalue weighted by Gasteiger charge is 1.99. The van der Waals surface area contributed by atoms with Crippen LogP contribution in [0.1, 0.15) is 18.5 Å². The van der Waals surface area contributed by atoms with E-state index in [2.05, 4.69) is 24.3 Å². The number of hydrogen-bond acceptors (Lipinski definition) is 4. The second-order valence-corrected chi connectivity index (χ2v) is 4.98. The first-order chi connectivity index (χ1) is 8.24. The molecule has 0 aliphatic rings. The molecule has 3 nitrogen and oxygen atoms in total. The van der Waals surface area contributed by atoms with Crippen molar-refractivity contribution in [3.63, 3.8) is 0 Å². The molecule has 1 unspecified atom stereocenters. The Kier molecular flexibility index (Phi) is 7.28. The quantitative estimate of drug-likeness (QED) is 0.572. The summed E-state index contributed by atoms with van der Waals surface area (Å²) in [6.45, 7) is 4.07. The molecule has 0 heterocycles. The molecule has 0 spiro atoms. The van der Waals surface area contributed by atoms with E-state index in [-0.39, 0.29) is 6.04 Å². The van der Waals surface area contributed by atoms with E-state index in [0.717, 1.165) is 12.4 Å². The first-order valence-electron chi connectivity index (χ1n) is 5.79. The summed E-state index contributed by atoms with van der Waals surface area (Å²) in [6.07, 6.45) is 0. The average Bonchev–Trinajstić information content (AvgIpc) is 2.34. The van der Waals surface area contributed by atoms with Crippen LogP contribution in [0.15, 0.2) is 29.2 Å². The third-order valence-corrected chi connectivity index (χ3v) is 3.31. The van der Waals surface area contributed by atoms with E-state index >= 15 is 0 Å². The number of hydrogen-bond donors (Lipinski definition) is 1. The van der Waals surface area contributed by atoms with Gasteiger partial charge in [-0.1, -0.05) is 12.1 Å². The second-order valence-electron chi connectivity index (χ2n) is 3.81. The largest absolute Gasteiger partial charge is 0.382 e. The molecule has 0 aromatic heterocycles. The molecule has 0 saturated carbocycles. The highest BCUT2D eigenvalue weighted by Crippen LogP contribution is 2.20. The number of methoxy groups -OCH3 is 1. The van der Waals surface area contributed by atoms with Gasteiger partial charge in [0, 0.05) is 23.8 Å². The van der Waals surface area contributed by atoms with Crippen molar-refractivity contribution in [3.8, 4) is 0 Å².